The zero-order chi connectivity index (χ0) is 12.4. The van der Waals surface area contributed by atoms with Crippen LogP contribution in [0.4, 0.5) is 14.5 Å². The number of rotatable bonds is 2. The smallest absolute Gasteiger partial charge is 0.254 e. The molecule has 0 atom stereocenters. The van der Waals surface area contributed by atoms with Crippen molar-refractivity contribution in [3.05, 3.63) is 41.5 Å². The minimum absolute atomic E-state index is 0.0202. The van der Waals surface area contributed by atoms with Gasteiger partial charge in [0.05, 0.1) is 11.3 Å². The number of benzene rings is 1. The van der Waals surface area contributed by atoms with Crippen molar-refractivity contribution in [2.75, 3.05) is 5.73 Å². The lowest BCUT2D eigenvalue weighted by molar-refractivity contribution is 0.0935. The van der Waals surface area contributed by atoms with E-state index in [0.29, 0.717) is 6.07 Å². The van der Waals surface area contributed by atoms with Crippen molar-refractivity contribution in [1.82, 2.24) is 5.32 Å². The van der Waals surface area contributed by atoms with Crippen molar-refractivity contribution >= 4 is 11.6 Å². The van der Waals surface area contributed by atoms with Crippen LogP contribution in [0.25, 0.3) is 0 Å². The van der Waals surface area contributed by atoms with Gasteiger partial charge in [-0.3, -0.25) is 4.79 Å². The number of amides is 1. The van der Waals surface area contributed by atoms with E-state index in [9.17, 15) is 13.6 Å². The predicted octanol–water partition coefficient (Wildman–Crippen LogP) is 2.00. The molecule has 1 aromatic carbocycles. The van der Waals surface area contributed by atoms with E-state index in [2.05, 4.69) is 5.32 Å². The molecular weight excluding hydrogens is 226 g/mol. The van der Waals surface area contributed by atoms with E-state index in [1.165, 1.54) is 0 Å². The number of carbonyl (C=O) groups is 1. The minimum Gasteiger partial charge on any atom is -0.396 e. The third kappa shape index (κ3) is 2.43. The van der Waals surface area contributed by atoms with Gasteiger partial charge >= 0.3 is 0 Å². The number of carbonyl (C=O) groups excluding carboxylic acids is 1. The Morgan fingerprint density at radius 3 is 2.53 bits per heavy atom. The van der Waals surface area contributed by atoms with Crippen LogP contribution in [0, 0.1) is 11.6 Å². The Labute approximate surface area is 97.3 Å². The molecule has 1 aliphatic rings. The van der Waals surface area contributed by atoms with Crippen LogP contribution in [0.3, 0.4) is 0 Å². The number of nitrogen functional groups attached to an aromatic ring is 1. The highest BCUT2D eigenvalue weighted by Gasteiger charge is 2.18. The molecule has 0 heterocycles. The highest BCUT2D eigenvalue weighted by atomic mass is 19.1. The average Bonchev–Trinajstić information content (AvgIpc) is 2.76. The van der Waals surface area contributed by atoms with Crippen LogP contribution < -0.4 is 11.1 Å². The number of anilines is 1. The van der Waals surface area contributed by atoms with Crippen molar-refractivity contribution < 1.29 is 13.6 Å². The molecule has 0 unspecified atom stereocenters. The van der Waals surface area contributed by atoms with Crippen molar-refractivity contribution in [3.63, 3.8) is 0 Å². The summed E-state index contributed by atoms with van der Waals surface area (Å²) in [5.74, 6) is -2.33. The van der Waals surface area contributed by atoms with Gasteiger partial charge in [0.2, 0.25) is 0 Å². The van der Waals surface area contributed by atoms with Crippen LogP contribution in [0.2, 0.25) is 0 Å². The number of nitrogens with one attached hydrogen (secondary N) is 1. The maximum absolute atomic E-state index is 13.4. The average molecular weight is 238 g/mol. The van der Waals surface area contributed by atoms with Crippen molar-refractivity contribution in [2.45, 2.75) is 18.9 Å². The van der Waals surface area contributed by atoms with Crippen molar-refractivity contribution in [2.24, 2.45) is 0 Å². The molecule has 0 bridgehead atoms. The molecule has 0 saturated carbocycles. The summed E-state index contributed by atoms with van der Waals surface area (Å²) >= 11 is 0. The van der Waals surface area contributed by atoms with Crippen LogP contribution in [-0.4, -0.2) is 11.9 Å². The summed E-state index contributed by atoms with van der Waals surface area (Å²) in [6.45, 7) is 0. The van der Waals surface area contributed by atoms with Gasteiger partial charge in [0.15, 0.2) is 0 Å². The van der Waals surface area contributed by atoms with E-state index < -0.39 is 17.5 Å². The van der Waals surface area contributed by atoms with Gasteiger partial charge in [-0.15, -0.1) is 0 Å². The second-order valence-corrected chi connectivity index (χ2v) is 3.97. The van der Waals surface area contributed by atoms with Crippen LogP contribution >= 0.6 is 0 Å². The van der Waals surface area contributed by atoms with E-state index in [0.717, 1.165) is 18.9 Å². The lowest BCUT2D eigenvalue weighted by atomic mass is 10.1. The molecule has 0 fully saturated rings. The van der Waals surface area contributed by atoms with Crippen molar-refractivity contribution in [3.8, 4) is 0 Å². The molecule has 2 rings (SSSR count). The summed E-state index contributed by atoms with van der Waals surface area (Å²) in [7, 11) is 0. The Hall–Kier alpha value is -1.91. The Kier molecular flexibility index (Phi) is 3.08. The predicted molar refractivity (Wildman–Crippen MR) is 60.4 cm³/mol. The van der Waals surface area contributed by atoms with Crippen LogP contribution in [-0.2, 0) is 0 Å². The van der Waals surface area contributed by atoms with Crippen molar-refractivity contribution in [1.29, 1.82) is 0 Å². The first kappa shape index (κ1) is 11.6. The summed E-state index contributed by atoms with van der Waals surface area (Å²) in [5, 5.41) is 2.66. The molecule has 3 nitrogen and oxygen atoms in total. The number of halogens is 2. The minimum atomic E-state index is -0.903. The van der Waals surface area contributed by atoms with E-state index in [1.807, 2.05) is 12.2 Å². The molecule has 1 aromatic rings. The highest BCUT2D eigenvalue weighted by Crippen LogP contribution is 2.17. The SMILES string of the molecule is Nc1cc(C(=O)NC2CC=CC2)c(F)cc1F. The first-order chi connectivity index (χ1) is 8.08. The molecular formula is C12H12F2N2O. The summed E-state index contributed by atoms with van der Waals surface area (Å²) < 4.78 is 26.3. The summed E-state index contributed by atoms with van der Waals surface area (Å²) in [6.07, 6.45) is 5.34. The fraction of sp³-hybridized carbons (Fsp3) is 0.250. The van der Waals surface area contributed by atoms with Crippen LogP contribution in [0.5, 0.6) is 0 Å². The number of hydrogen-bond acceptors (Lipinski definition) is 2. The third-order valence-electron chi connectivity index (χ3n) is 2.67. The highest BCUT2D eigenvalue weighted by molar-refractivity contribution is 5.95. The van der Waals surface area contributed by atoms with Gasteiger partial charge in [-0.2, -0.15) is 0 Å². The van der Waals surface area contributed by atoms with E-state index in [4.69, 9.17) is 5.73 Å². The van der Waals surface area contributed by atoms with Gasteiger partial charge in [-0.05, 0) is 18.9 Å². The zero-order valence-electron chi connectivity index (χ0n) is 9.04. The molecule has 3 N–H and O–H groups in total. The van der Waals surface area contributed by atoms with Gasteiger partial charge in [0, 0.05) is 12.1 Å². The first-order valence-electron chi connectivity index (χ1n) is 5.28. The quantitative estimate of drug-likeness (QED) is 0.611. The first-order valence-corrected chi connectivity index (χ1v) is 5.28. The van der Waals surface area contributed by atoms with Gasteiger partial charge in [-0.1, -0.05) is 12.2 Å². The molecule has 1 aliphatic carbocycles. The third-order valence-corrected chi connectivity index (χ3v) is 2.67. The molecule has 1 amide bonds. The maximum Gasteiger partial charge on any atom is 0.254 e. The Bertz CT molecular complexity index is 478. The van der Waals surface area contributed by atoms with Gasteiger partial charge < -0.3 is 11.1 Å². The Balaban J connectivity index is 2.16. The molecule has 0 aliphatic heterocycles. The molecule has 0 saturated heterocycles. The van der Waals surface area contributed by atoms with E-state index >= 15 is 0 Å². The monoisotopic (exact) mass is 238 g/mol. The van der Waals surface area contributed by atoms with E-state index in [1.54, 1.807) is 0 Å². The topological polar surface area (TPSA) is 55.1 Å². The zero-order valence-corrected chi connectivity index (χ0v) is 9.04. The van der Waals surface area contributed by atoms with Crippen LogP contribution in [0.1, 0.15) is 23.2 Å². The van der Waals surface area contributed by atoms with Gasteiger partial charge in [0.25, 0.3) is 5.91 Å². The summed E-state index contributed by atoms with van der Waals surface area (Å²) in [5.41, 5.74) is 4.84. The molecule has 90 valence electrons. The fourth-order valence-electron chi connectivity index (χ4n) is 1.74. The van der Waals surface area contributed by atoms with E-state index in [-0.39, 0.29) is 17.3 Å². The normalized spacial score (nSPS) is 15.2. The maximum atomic E-state index is 13.4. The largest absolute Gasteiger partial charge is 0.396 e. The second-order valence-electron chi connectivity index (χ2n) is 3.97. The summed E-state index contributed by atoms with van der Waals surface area (Å²) in [6, 6.07) is 1.62. The Morgan fingerprint density at radius 2 is 1.88 bits per heavy atom. The molecule has 5 heteroatoms. The molecule has 0 spiro atoms. The lowest BCUT2D eigenvalue weighted by Gasteiger charge is -2.12. The molecule has 0 aromatic heterocycles. The Morgan fingerprint density at radius 1 is 1.24 bits per heavy atom. The fourth-order valence-corrected chi connectivity index (χ4v) is 1.74. The van der Waals surface area contributed by atoms with Crippen LogP contribution in [0.15, 0.2) is 24.3 Å². The molecule has 17 heavy (non-hydrogen) atoms. The standard InChI is InChI=1S/C12H12F2N2O/c13-9-6-10(14)11(15)5-8(9)12(17)16-7-3-1-2-4-7/h1-2,5-7H,3-4,15H2,(H,16,17). The number of hydrogen-bond donors (Lipinski definition) is 2. The lowest BCUT2D eigenvalue weighted by Crippen LogP contribution is -2.33. The summed E-state index contributed by atoms with van der Waals surface area (Å²) in [4.78, 5) is 11.7. The van der Waals surface area contributed by atoms with Gasteiger partial charge in [-0.25, -0.2) is 8.78 Å². The number of nitrogens with two attached hydrogens (primary N) is 1. The second kappa shape index (κ2) is 4.53. The van der Waals surface area contributed by atoms with Gasteiger partial charge in [0.1, 0.15) is 11.6 Å². The molecule has 0 radical (unpaired) electrons.